The molecule has 0 fully saturated rings. The first-order valence-corrected chi connectivity index (χ1v) is 39.1. The monoisotopic (exact) mass is 1460 g/mol. The molecule has 0 spiro atoms. The largest absolute Gasteiger partial charge is 0.311 e. The summed E-state index contributed by atoms with van der Waals surface area (Å²) in [5.41, 5.74) is 36.0. The molecule has 0 saturated carbocycles. The molecule has 0 aliphatic heterocycles. The third kappa shape index (κ3) is 17.5. The summed E-state index contributed by atoms with van der Waals surface area (Å²) in [5.74, 6) is 0. The van der Waals surface area contributed by atoms with Crippen molar-refractivity contribution in [1.29, 1.82) is 0 Å². The molecule has 0 aliphatic carbocycles. The molecule has 114 heavy (non-hydrogen) atoms. The van der Waals surface area contributed by atoms with E-state index in [2.05, 4.69) is 509 Å². The highest BCUT2D eigenvalue weighted by Gasteiger charge is 2.19. The summed E-state index contributed by atoms with van der Waals surface area (Å²) in [5, 5.41) is 0. The van der Waals surface area contributed by atoms with Crippen molar-refractivity contribution in [2.24, 2.45) is 0 Å². The van der Waals surface area contributed by atoms with Crippen molar-refractivity contribution >= 4 is 51.2 Å². The number of hydrogen-bond acceptors (Lipinski definition) is 3. The SMILES string of the molecule is Cc1cc(N(c2ccc(-c3ccccc3)cc2)c2ccc(-c3ccccc3)cc2)ccc1-c1ccccc1.Cc1cccc(-c2ccc(N(c3ccc(-c4ccccc4)cc3)c3ccc(-c4ccccc4)cc3)cc2)c1.Cc1ccccc1-c1ccc(N(c2ccc(-c3ccccc3)cc2)c2ccc(-c3ccccc3)cc2)cc1. The van der Waals surface area contributed by atoms with Crippen molar-refractivity contribution in [1.82, 2.24) is 0 Å². The molecule has 0 N–H and O–H groups in total. The molecule has 3 nitrogen and oxygen atoms in total. The second-order valence-corrected chi connectivity index (χ2v) is 28.6. The van der Waals surface area contributed by atoms with Crippen LogP contribution >= 0.6 is 0 Å². The average molecular weight is 1460 g/mol. The van der Waals surface area contributed by atoms with Crippen LogP contribution < -0.4 is 14.7 Å². The number of rotatable bonds is 18. The second-order valence-electron chi connectivity index (χ2n) is 28.6. The Morgan fingerprint density at radius 3 is 0.579 bits per heavy atom. The van der Waals surface area contributed by atoms with Crippen LogP contribution in [0.3, 0.4) is 0 Å². The predicted octanol–water partition coefficient (Wildman–Crippen LogP) is 31.4. The summed E-state index contributed by atoms with van der Waals surface area (Å²) >= 11 is 0. The van der Waals surface area contributed by atoms with E-state index >= 15 is 0 Å². The fraction of sp³-hybridized carbons (Fsp3) is 0.0270. The van der Waals surface area contributed by atoms with Crippen molar-refractivity contribution in [3.8, 4) is 100 Å². The molecule has 0 unspecified atom stereocenters. The number of aryl methyl sites for hydroxylation is 3. The number of hydrogen-bond donors (Lipinski definition) is 0. The predicted molar refractivity (Wildman–Crippen MR) is 487 cm³/mol. The van der Waals surface area contributed by atoms with Gasteiger partial charge in [-0.2, -0.15) is 0 Å². The maximum absolute atomic E-state index is 2.34. The van der Waals surface area contributed by atoms with Crippen LogP contribution in [0.4, 0.5) is 51.2 Å². The third-order valence-electron chi connectivity index (χ3n) is 21.0. The minimum absolute atomic E-state index is 1.13. The van der Waals surface area contributed by atoms with Gasteiger partial charge in [0.05, 0.1) is 0 Å². The Kier molecular flexibility index (Phi) is 22.8. The van der Waals surface area contributed by atoms with Crippen molar-refractivity contribution < 1.29 is 0 Å². The van der Waals surface area contributed by atoms with Crippen LogP contribution in [-0.4, -0.2) is 0 Å². The van der Waals surface area contributed by atoms with E-state index in [-0.39, 0.29) is 0 Å². The van der Waals surface area contributed by atoms with Crippen LogP contribution in [0.1, 0.15) is 16.7 Å². The zero-order valence-corrected chi connectivity index (χ0v) is 64.4. The molecule has 0 amide bonds. The quantitative estimate of drug-likeness (QED) is 0.0848. The Labute approximate surface area is 672 Å². The second kappa shape index (κ2) is 35.4. The highest BCUT2D eigenvalue weighted by Crippen LogP contribution is 2.43. The molecule has 0 saturated heterocycles. The summed E-state index contributed by atoms with van der Waals surface area (Å²) < 4.78 is 0. The van der Waals surface area contributed by atoms with Gasteiger partial charge in [-0.3, -0.25) is 0 Å². The summed E-state index contributed by atoms with van der Waals surface area (Å²) in [6.07, 6.45) is 0. The zero-order valence-electron chi connectivity index (χ0n) is 64.4. The van der Waals surface area contributed by atoms with E-state index in [0.717, 1.165) is 51.2 Å². The fourth-order valence-corrected chi connectivity index (χ4v) is 15.0. The van der Waals surface area contributed by atoms with Crippen LogP contribution in [0.25, 0.3) is 100 Å². The number of benzene rings is 18. The van der Waals surface area contributed by atoms with Crippen molar-refractivity contribution in [3.63, 3.8) is 0 Å². The van der Waals surface area contributed by atoms with E-state index in [1.807, 2.05) is 0 Å². The topological polar surface area (TPSA) is 9.72 Å². The van der Waals surface area contributed by atoms with Crippen molar-refractivity contribution in [2.45, 2.75) is 20.8 Å². The molecule has 18 rings (SSSR count). The molecule has 0 radical (unpaired) electrons. The molecule has 0 heterocycles. The molecule has 0 atom stereocenters. The standard InChI is InChI=1S/3C37H29N/c1-28-27-36(25-26-37(28)33-15-9-4-10-16-33)38(34-21-17-31(18-22-34)29-11-5-2-6-12-29)35-23-19-32(20-24-35)30-13-7-3-8-14-30;1-28-10-8-9-15-37(28)33-20-26-36(27-21-33)38(34-22-16-31(17-23-34)29-11-4-2-5-12-29)35-24-18-32(19-25-35)30-13-6-3-7-14-30;1-28-9-8-14-34(27-28)33-19-25-37(26-20-33)38(35-21-15-31(16-22-35)29-10-4-2-5-11-29)36-23-17-32(18-24-36)30-12-6-3-7-13-30/h3*2-27H,1H3. The molecule has 0 aromatic heterocycles. The number of anilines is 9. The van der Waals surface area contributed by atoms with Crippen molar-refractivity contribution in [2.75, 3.05) is 14.7 Å². The van der Waals surface area contributed by atoms with Crippen LogP contribution in [-0.2, 0) is 0 Å². The third-order valence-corrected chi connectivity index (χ3v) is 21.0. The maximum Gasteiger partial charge on any atom is 0.0464 e. The molecule has 18 aromatic rings. The summed E-state index contributed by atoms with van der Waals surface area (Å²) in [6.45, 7) is 6.50. The Bertz CT molecular complexity index is 5820. The highest BCUT2D eigenvalue weighted by molar-refractivity contribution is 5.86. The lowest BCUT2D eigenvalue weighted by Gasteiger charge is -2.27. The van der Waals surface area contributed by atoms with Gasteiger partial charge in [0, 0.05) is 51.2 Å². The highest BCUT2D eigenvalue weighted by atomic mass is 15.2. The van der Waals surface area contributed by atoms with Crippen LogP contribution in [0.15, 0.2) is 473 Å². The molecule has 3 heteroatoms. The Morgan fingerprint density at radius 2 is 0.316 bits per heavy atom. The smallest absolute Gasteiger partial charge is 0.0464 e. The lowest BCUT2D eigenvalue weighted by atomic mass is 9.99. The molecule has 18 aromatic carbocycles. The van der Waals surface area contributed by atoms with Gasteiger partial charge in [0.15, 0.2) is 0 Å². The van der Waals surface area contributed by atoms with E-state index in [0.29, 0.717) is 0 Å². The van der Waals surface area contributed by atoms with E-state index in [1.54, 1.807) is 0 Å². The van der Waals surface area contributed by atoms with E-state index in [9.17, 15) is 0 Å². The first-order valence-electron chi connectivity index (χ1n) is 39.1. The van der Waals surface area contributed by atoms with Gasteiger partial charge in [-0.1, -0.05) is 370 Å². The van der Waals surface area contributed by atoms with E-state index in [4.69, 9.17) is 0 Å². The molecule has 546 valence electrons. The van der Waals surface area contributed by atoms with Crippen LogP contribution in [0.2, 0.25) is 0 Å². The normalized spacial score (nSPS) is 10.8. The van der Waals surface area contributed by atoms with Gasteiger partial charge in [0.1, 0.15) is 0 Å². The summed E-state index contributed by atoms with van der Waals surface area (Å²) in [6, 6.07) is 169. The van der Waals surface area contributed by atoms with Crippen LogP contribution in [0, 0.1) is 20.8 Å². The van der Waals surface area contributed by atoms with E-state index < -0.39 is 0 Å². The fourth-order valence-electron chi connectivity index (χ4n) is 15.0. The van der Waals surface area contributed by atoms with Gasteiger partial charge < -0.3 is 14.7 Å². The van der Waals surface area contributed by atoms with Gasteiger partial charge >= 0.3 is 0 Å². The van der Waals surface area contributed by atoms with E-state index in [1.165, 1.54) is 117 Å². The van der Waals surface area contributed by atoms with Gasteiger partial charge in [0.2, 0.25) is 0 Å². The summed E-state index contributed by atoms with van der Waals surface area (Å²) in [7, 11) is 0. The van der Waals surface area contributed by atoms with Crippen LogP contribution in [0.5, 0.6) is 0 Å². The first kappa shape index (κ1) is 73.5. The molecular formula is C111H87N3. The Balaban J connectivity index is 0.000000129. The van der Waals surface area contributed by atoms with Crippen molar-refractivity contribution in [3.05, 3.63) is 490 Å². The Morgan fingerprint density at radius 1 is 0.123 bits per heavy atom. The molecule has 0 aliphatic rings. The first-order chi connectivity index (χ1) is 56.3. The minimum Gasteiger partial charge on any atom is -0.311 e. The lowest BCUT2D eigenvalue weighted by Crippen LogP contribution is -2.10. The average Bonchev–Trinajstić information content (AvgIpc) is 0.795. The minimum atomic E-state index is 1.13. The van der Waals surface area contributed by atoms with Gasteiger partial charge in [-0.05, 0) is 241 Å². The summed E-state index contributed by atoms with van der Waals surface area (Å²) in [4.78, 5) is 6.99. The van der Waals surface area contributed by atoms with Gasteiger partial charge in [0.25, 0.3) is 0 Å². The van der Waals surface area contributed by atoms with Gasteiger partial charge in [-0.15, -0.1) is 0 Å². The lowest BCUT2D eigenvalue weighted by molar-refractivity contribution is 1.27. The van der Waals surface area contributed by atoms with Gasteiger partial charge in [-0.25, -0.2) is 0 Å². The maximum atomic E-state index is 2.34. The molecular weight excluding hydrogens is 1380 g/mol. The Hall–Kier alpha value is -14.6. The number of nitrogens with zero attached hydrogens (tertiary/aromatic N) is 3. The molecule has 0 bridgehead atoms. The zero-order chi connectivity index (χ0) is 77.2.